The van der Waals surface area contributed by atoms with Gasteiger partial charge in [0, 0.05) is 49.0 Å². The summed E-state index contributed by atoms with van der Waals surface area (Å²) in [5, 5.41) is 4.14. The van der Waals surface area contributed by atoms with Crippen LogP contribution in [0.3, 0.4) is 0 Å². The van der Waals surface area contributed by atoms with Gasteiger partial charge in [-0.15, -0.1) is 0 Å². The topological polar surface area (TPSA) is 27.7 Å². The van der Waals surface area contributed by atoms with E-state index >= 15 is 0 Å². The van der Waals surface area contributed by atoms with Gasteiger partial charge in [0.15, 0.2) is 0 Å². The van der Waals surface area contributed by atoms with Crippen molar-refractivity contribution in [3.63, 3.8) is 0 Å². The highest BCUT2D eigenvalue weighted by Gasteiger charge is 2.16. The molecular weight excluding hydrogens is 310 g/mol. The van der Waals surface area contributed by atoms with E-state index in [1.165, 1.54) is 11.3 Å². The molecule has 0 amide bonds. The van der Waals surface area contributed by atoms with E-state index in [9.17, 15) is 0 Å². The van der Waals surface area contributed by atoms with Crippen LogP contribution in [-0.2, 0) is 0 Å². The molecule has 0 radical (unpaired) electrons. The fourth-order valence-electron chi connectivity index (χ4n) is 3.03. The highest BCUT2D eigenvalue weighted by molar-refractivity contribution is 6.31. The second-order valence-corrected chi connectivity index (χ2v) is 6.45. The van der Waals surface area contributed by atoms with E-state index in [-0.39, 0.29) is 0 Å². The summed E-state index contributed by atoms with van der Waals surface area (Å²) in [6.07, 6.45) is 1.04. The first-order valence-corrected chi connectivity index (χ1v) is 9.14. The Kier molecular flexibility index (Phi) is 7.47. The predicted octanol–water partition coefficient (Wildman–Crippen LogP) is 3.17. The molecule has 0 atom stereocenters. The Morgan fingerprint density at radius 3 is 2.57 bits per heavy atom. The summed E-state index contributed by atoms with van der Waals surface area (Å²) in [5.74, 6) is 0.922. The Balaban J connectivity index is 1.97. The lowest BCUT2D eigenvalue weighted by molar-refractivity contribution is 0.248. The number of rotatable bonds is 8. The van der Waals surface area contributed by atoms with Crippen molar-refractivity contribution in [2.45, 2.75) is 27.2 Å². The fourth-order valence-corrected chi connectivity index (χ4v) is 3.24. The lowest BCUT2D eigenvalue weighted by Crippen LogP contribution is -2.43. The van der Waals surface area contributed by atoms with Gasteiger partial charge in [-0.3, -0.25) is 0 Å². The van der Waals surface area contributed by atoms with Crippen molar-refractivity contribution in [2.24, 2.45) is 0 Å². The van der Waals surface area contributed by atoms with E-state index in [1.807, 2.05) is 6.07 Å². The molecule has 1 heterocycles. The van der Waals surface area contributed by atoms with E-state index in [2.05, 4.69) is 42.0 Å². The highest BCUT2D eigenvalue weighted by atomic mass is 35.5. The standard InChI is InChI=1S/C18H30ClN3O/c1-4-21(5-2)9-6-12-23-18-14-16(19)13-17(15(18)3)22-10-7-20-8-11-22/h13-14,20H,4-12H2,1-3H3. The summed E-state index contributed by atoms with van der Waals surface area (Å²) >= 11 is 6.32. The van der Waals surface area contributed by atoms with Crippen LogP contribution in [0.5, 0.6) is 5.75 Å². The third kappa shape index (κ3) is 5.27. The molecule has 23 heavy (non-hydrogen) atoms. The monoisotopic (exact) mass is 339 g/mol. The summed E-state index contributed by atoms with van der Waals surface area (Å²) in [5.41, 5.74) is 2.40. The molecule has 0 unspecified atom stereocenters. The van der Waals surface area contributed by atoms with Gasteiger partial charge in [-0.05, 0) is 38.6 Å². The van der Waals surface area contributed by atoms with Gasteiger partial charge in [0.1, 0.15) is 5.75 Å². The molecule has 2 rings (SSSR count). The average Bonchev–Trinajstić information content (AvgIpc) is 2.58. The summed E-state index contributed by atoms with van der Waals surface area (Å²) in [7, 11) is 0. The molecule has 1 fully saturated rings. The quantitative estimate of drug-likeness (QED) is 0.736. The highest BCUT2D eigenvalue weighted by Crippen LogP contribution is 2.33. The van der Waals surface area contributed by atoms with Gasteiger partial charge in [-0.2, -0.15) is 0 Å². The molecule has 0 aliphatic carbocycles. The predicted molar refractivity (Wildman–Crippen MR) is 99.2 cm³/mol. The normalized spacial score (nSPS) is 15.3. The zero-order chi connectivity index (χ0) is 16.7. The van der Waals surface area contributed by atoms with Crippen LogP contribution in [0.25, 0.3) is 0 Å². The minimum absolute atomic E-state index is 0.735. The summed E-state index contributed by atoms with van der Waals surface area (Å²) in [4.78, 5) is 4.81. The first-order valence-electron chi connectivity index (χ1n) is 8.76. The van der Waals surface area contributed by atoms with Gasteiger partial charge < -0.3 is 19.9 Å². The van der Waals surface area contributed by atoms with E-state index in [0.29, 0.717) is 0 Å². The van der Waals surface area contributed by atoms with Gasteiger partial charge in [-0.1, -0.05) is 25.4 Å². The molecule has 5 heteroatoms. The van der Waals surface area contributed by atoms with Crippen molar-refractivity contribution in [1.29, 1.82) is 0 Å². The number of hydrogen-bond acceptors (Lipinski definition) is 4. The van der Waals surface area contributed by atoms with Gasteiger partial charge in [0.2, 0.25) is 0 Å². The molecule has 0 saturated carbocycles. The van der Waals surface area contributed by atoms with Crippen molar-refractivity contribution >= 4 is 17.3 Å². The largest absolute Gasteiger partial charge is 0.493 e. The van der Waals surface area contributed by atoms with Crippen LogP contribution >= 0.6 is 11.6 Å². The van der Waals surface area contributed by atoms with Crippen LogP contribution in [0.4, 0.5) is 5.69 Å². The molecular formula is C18H30ClN3O. The minimum atomic E-state index is 0.735. The molecule has 130 valence electrons. The van der Waals surface area contributed by atoms with Crippen molar-refractivity contribution < 1.29 is 4.74 Å². The Labute approximate surface area is 145 Å². The number of nitrogens with one attached hydrogen (secondary N) is 1. The van der Waals surface area contributed by atoms with E-state index in [0.717, 1.165) is 69.6 Å². The first-order chi connectivity index (χ1) is 11.2. The minimum Gasteiger partial charge on any atom is -0.493 e. The zero-order valence-corrected chi connectivity index (χ0v) is 15.5. The Morgan fingerprint density at radius 2 is 1.91 bits per heavy atom. The van der Waals surface area contributed by atoms with E-state index in [4.69, 9.17) is 16.3 Å². The zero-order valence-electron chi connectivity index (χ0n) is 14.7. The average molecular weight is 340 g/mol. The Morgan fingerprint density at radius 1 is 1.22 bits per heavy atom. The van der Waals surface area contributed by atoms with Gasteiger partial charge in [0.25, 0.3) is 0 Å². The van der Waals surface area contributed by atoms with E-state index < -0.39 is 0 Å². The van der Waals surface area contributed by atoms with E-state index in [1.54, 1.807) is 0 Å². The second kappa shape index (κ2) is 9.36. The maximum Gasteiger partial charge on any atom is 0.125 e. The van der Waals surface area contributed by atoms with Crippen LogP contribution < -0.4 is 15.0 Å². The lowest BCUT2D eigenvalue weighted by Gasteiger charge is -2.31. The number of anilines is 1. The molecule has 1 aliphatic rings. The SMILES string of the molecule is CCN(CC)CCCOc1cc(Cl)cc(N2CCNCC2)c1C. The fraction of sp³-hybridized carbons (Fsp3) is 0.667. The number of halogens is 1. The number of nitrogens with zero attached hydrogens (tertiary/aromatic N) is 2. The van der Waals surface area contributed by atoms with Gasteiger partial charge >= 0.3 is 0 Å². The number of hydrogen-bond donors (Lipinski definition) is 1. The molecule has 0 spiro atoms. The smallest absolute Gasteiger partial charge is 0.125 e. The van der Waals surface area contributed by atoms with Gasteiger partial charge in [-0.25, -0.2) is 0 Å². The lowest BCUT2D eigenvalue weighted by atomic mass is 10.1. The first kappa shape index (κ1) is 18.4. The van der Waals surface area contributed by atoms with Crippen LogP contribution in [0.15, 0.2) is 12.1 Å². The van der Waals surface area contributed by atoms with Crippen molar-refractivity contribution in [1.82, 2.24) is 10.2 Å². The van der Waals surface area contributed by atoms with Crippen molar-refractivity contribution in [2.75, 3.05) is 57.3 Å². The second-order valence-electron chi connectivity index (χ2n) is 6.01. The van der Waals surface area contributed by atoms with Crippen molar-refractivity contribution in [3.05, 3.63) is 22.7 Å². The Hall–Kier alpha value is -0.970. The summed E-state index contributed by atoms with van der Waals surface area (Å²) in [6, 6.07) is 4.00. The number of ether oxygens (including phenoxy) is 1. The third-order valence-electron chi connectivity index (χ3n) is 4.53. The maximum absolute atomic E-state index is 6.32. The van der Waals surface area contributed by atoms with Crippen LogP contribution in [0.1, 0.15) is 25.8 Å². The van der Waals surface area contributed by atoms with Gasteiger partial charge in [0.05, 0.1) is 6.61 Å². The molecule has 1 aromatic carbocycles. The molecule has 1 N–H and O–H groups in total. The maximum atomic E-state index is 6.32. The number of benzene rings is 1. The molecule has 0 aromatic heterocycles. The Bertz CT molecular complexity index is 485. The van der Waals surface area contributed by atoms with Crippen LogP contribution in [0, 0.1) is 6.92 Å². The third-order valence-corrected chi connectivity index (χ3v) is 4.74. The molecule has 0 bridgehead atoms. The molecule has 1 aromatic rings. The molecule has 1 saturated heterocycles. The number of piperazine rings is 1. The van der Waals surface area contributed by atoms with Crippen molar-refractivity contribution in [3.8, 4) is 5.75 Å². The molecule has 1 aliphatic heterocycles. The molecule has 4 nitrogen and oxygen atoms in total. The summed E-state index contributed by atoms with van der Waals surface area (Å²) in [6.45, 7) is 14.6. The van der Waals surface area contributed by atoms with Crippen LogP contribution in [-0.4, -0.2) is 57.3 Å². The summed E-state index contributed by atoms with van der Waals surface area (Å²) < 4.78 is 6.04. The van der Waals surface area contributed by atoms with Crippen LogP contribution in [0.2, 0.25) is 5.02 Å².